The predicted molar refractivity (Wildman–Crippen MR) is 90.8 cm³/mol. The molecule has 0 aliphatic heterocycles. The molecule has 0 saturated carbocycles. The minimum absolute atomic E-state index is 0.00893. The number of hydrogen-bond donors (Lipinski definition) is 0. The van der Waals surface area contributed by atoms with Crippen molar-refractivity contribution in [2.45, 2.75) is 38.5 Å². The minimum Gasteiger partial charge on any atom is -0.462 e. The molecule has 0 aromatic heterocycles. The third kappa shape index (κ3) is 7.66. The Morgan fingerprint density at radius 2 is 1.68 bits per heavy atom. The molecule has 120 valence electrons. The van der Waals surface area contributed by atoms with Gasteiger partial charge in [-0.1, -0.05) is 53.9 Å². The summed E-state index contributed by atoms with van der Waals surface area (Å²) in [5.41, 5.74) is 1.01. The van der Waals surface area contributed by atoms with Crippen LogP contribution in [0.15, 0.2) is 30.3 Å². The summed E-state index contributed by atoms with van der Waals surface area (Å²) in [7, 11) is 0. The summed E-state index contributed by atoms with van der Waals surface area (Å²) in [6.45, 7) is 4.35. The van der Waals surface area contributed by atoms with Gasteiger partial charge in [-0.15, -0.1) is 0 Å². The van der Waals surface area contributed by atoms with Crippen LogP contribution in [-0.4, -0.2) is 28.1 Å². The lowest BCUT2D eigenvalue weighted by Crippen LogP contribution is -2.22. The number of benzene rings is 1. The number of ether oxygens (including phenoxy) is 1. The van der Waals surface area contributed by atoms with Crippen LogP contribution in [0.25, 0.3) is 0 Å². The van der Waals surface area contributed by atoms with Crippen LogP contribution in [-0.2, 0) is 19.1 Å². The van der Waals surface area contributed by atoms with E-state index in [0.717, 1.165) is 17.3 Å². The van der Waals surface area contributed by atoms with Crippen molar-refractivity contribution < 1.29 is 19.1 Å². The molecule has 1 rings (SSSR count). The molecule has 0 bridgehead atoms. The van der Waals surface area contributed by atoms with Crippen molar-refractivity contribution in [3.8, 4) is 0 Å². The highest BCUT2D eigenvalue weighted by Gasteiger charge is 2.23. The first-order valence-corrected chi connectivity index (χ1v) is 8.77. The van der Waals surface area contributed by atoms with Crippen molar-refractivity contribution in [2.75, 3.05) is 5.75 Å². The second-order valence-electron chi connectivity index (χ2n) is 4.78. The molecule has 0 saturated heterocycles. The molecule has 22 heavy (non-hydrogen) atoms. The van der Waals surface area contributed by atoms with Crippen LogP contribution >= 0.6 is 23.5 Å². The zero-order valence-electron chi connectivity index (χ0n) is 12.9. The van der Waals surface area contributed by atoms with E-state index >= 15 is 0 Å². The smallest absolute Gasteiger partial charge is 0.302 e. The van der Waals surface area contributed by atoms with Gasteiger partial charge in [0.05, 0.1) is 0 Å². The van der Waals surface area contributed by atoms with Crippen molar-refractivity contribution in [1.82, 2.24) is 0 Å². The largest absolute Gasteiger partial charge is 0.462 e. The van der Waals surface area contributed by atoms with E-state index in [-0.39, 0.29) is 21.4 Å². The zero-order chi connectivity index (χ0) is 16.5. The fourth-order valence-corrected chi connectivity index (χ4v) is 3.58. The van der Waals surface area contributed by atoms with Crippen LogP contribution in [0.1, 0.15) is 38.0 Å². The highest BCUT2D eigenvalue weighted by Crippen LogP contribution is 2.35. The molecule has 1 aromatic carbocycles. The fraction of sp³-hybridized carbons (Fsp3) is 0.438. The molecule has 0 aliphatic carbocycles. The highest BCUT2D eigenvalue weighted by atomic mass is 32.2. The van der Waals surface area contributed by atoms with Gasteiger partial charge in [-0.3, -0.25) is 14.4 Å². The Kier molecular flexibility index (Phi) is 8.27. The lowest BCUT2D eigenvalue weighted by molar-refractivity contribution is -0.145. The molecule has 0 radical (unpaired) electrons. The summed E-state index contributed by atoms with van der Waals surface area (Å²) in [6.07, 6.45) is 0.0946. The Morgan fingerprint density at radius 3 is 2.18 bits per heavy atom. The molecule has 0 heterocycles. The van der Waals surface area contributed by atoms with Gasteiger partial charge in [0, 0.05) is 38.2 Å². The lowest BCUT2D eigenvalue weighted by atomic mass is 10.1. The highest BCUT2D eigenvalue weighted by molar-refractivity contribution is 8.14. The van der Waals surface area contributed by atoms with E-state index in [1.807, 2.05) is 30.3 Å². The summed E-state index contributed by atoms with van der Waals surface area (Å²) in [6, 6.07) is 9.63. The monoisotopic (exact) mass is 340 g/mol. The quantitative estimate of drug-likeness (QED) is 0.707. The Bertz CT molecular complexity index is 516. The second-order valence-corrected chi connectivity index (χ2v) is 7.36. The molecule has 2 atom stereocenters. The number of carbonyl (C=O) groups excluding carboxylic acids is 3. The summed E-state index contributed by atoms with van der Waals surface area (Å²) >= 11 is 2.35. The van der Waals surface area contributed by atoms with Gasteiger partial charge in [-0.25, -0.2) is 0 Å². The van der Waals surface area contributed by atoms with Gasteiger partial charge in [0.25, 0.3) is 0 Å². The van der Waals surface area contributed by atoms with Crippen LogP contribution in [0.2, 0.25) is 0 Å². The number of esters is 1. The van der Waals surface area contributed by atoms with Gasteiger partial charge in [-0.05, 0) is 5.56 Å². The molecule has 0 fully saturated rings. The molecule has 2 unspecified atom stereocenters. The van der Waals surface area contributed by atoms with E-state index < -0.39 is 6.10 Å². The third-order valence-corrected chi connectivity index (χ3v) is 4.79. The van der Waals surface area contributed by atoms with Gasteiger partial charge >= 0.3 is 5.97 Å². The van der Waals surface area contributed by atoms with Crippen molar-refractivity contribution in [1.29, 1.82) is 0 Å². The predicted octanol–water partition coefficient (Wildman–Crippen LogP) is 3.61. The third-order valence-electron chi connectivity index (χ3n) is 2.76. The maximum absolute atomic E-state index is 11.5. The summed E-state index contributed by atoms with van der Waals surface area (Å²) < 4.78 is 5.30. The maximum Gasteiger partial charge on any atom is 0.302 e. The van der Waals surface area contributed by atoms with E-state index in [1.165, 1.54) is 32.5 Å². The summed E-state index contributed by atoms with van der Waals surface area (Å²) in [5.74, 6) is 0.0188. The van der Waals surface area contributed by atoms with E-state index in [1.54, 1.807) is 0 Å². The first-order chi connectivity index (χ1) is 10.4. The molecule has 0 amide bonds. The molecule has 6 heteroatoms. The van der Waals surface area contributed by atoms with Crippen molar-refractivity contribution >= 4 is 39.7 Å². The summed E-state index contributed by atoms with van der Waals surface area (Å²) in [5, 5.41) is -0.113. The normalized spacial score (nSPS) is 13.2. The average Bonchev–Trinajstić information content (AvgIpc) is 2.44. The van der Waals surface area contributed by atoms with Gasteiger partial charge in [0.2, 0.25) is 0 Å². The molecule has 4 nitrogen and oxygen atoms in total. The van der Waals surface area contributed by atoms with Gasteiger partial charge < -0.3 is 4.74 Å². The van der Waals surface area contributed by atoms with E-state index in [0.29, 0.717) is 12.2 Å². The first-order valence-electron chi connectivity index (χ1n) is 6.91. The molecule has 0 aliphatic rings. The fourth-order valence-electron chi connectivity index (χ4n) is 1.95. The van der Waals surface area contributed by atoms with Crippen LogP contribution in [0.5, 0.6) is 0 Å². The number of thioether (sulfide) groups is 2. The minimum atomic E-state index is -0.400. The Morgan fingerprint density at radius 1 is 1.05 bits per heavy atom. The average molecular weight is 340 g/mol. The van der Waals surface area contributed by atoms with E-state index in [2.05, 4.69) is 0 Å². The topological polar surface area (TPSA) is 60.4 Å². The first kappa shape index (κ1) is 18.8. The summed E-state index contributed by atoms with van der Waals surface area (Å²) in [4.78, 5) is 33.9. The molecular weight excluding hydrogens is 320 g/mol. The number of hydrogen-bond acceptors (Lipinski definition) is 6. The van der Waals surface area contributed by atoms with Crippen LogP contribution in [0.3, 0.4) is 0 Å². The SMILES string of the molecule is CC(=O)OC(CSC(C)=O)CC(SC(C)=O)c1ccccc1. The Balaban J connectivity index is 2.84. The lowest BCUT2D eigenvalue weighted by Gasteiger charge is -2.22. The van der Waals surface area contributed by atoms with Crippen molar-refractivity contribution in [3.63, 3.8) is 0 Å². The van der Waals surface area contributed by atoms with Gasteiger partial charge in [0.15, 0.2) is 10.2 Å². The van der Waals surface area contributed by atoms with Gasteiger partial charge in [-0.2, -0.15) is 0 Å². The number of rotatable bonds is 7. The Hall–Kier alpha value is -1.27. The van der Waals surface area contributed by atoms with Gasteiger partial charge in [0.1, 0.15) is 6.10 Å². The number of carbonyl (C=O) groups is 3. The molecule has 1 aromatic rings. The van der Waals surface area contributed by atoms with Crippen molar-refractivity contribution in [3.05, 3.63) is 35.9 Å². The molecular formula is C16H20O4S2. The van der Waals surface area contributed by atoms with E-state index in [9.17, 15) is 14.4 Å². The van der Waals surface area contributed by atoms with Crippen LogP contribution in [0.4, 0.5) is 0 Å². The Labute approximate surface area is 139 Å². The second kappa shape index (κ2) is 9.69. The van der Waals surface area contributed by atoms with Crippen molar-refractivity contribution in [2.24, 2.45) is 0 Å². The van der Waals surface area contributed by atoms with Crippen LogP contribution < -0.4 is 0 Å². The molecule has 0 spiro atoms. The molecule has 0 N–H and O–H groups in total. The maximum atomic E-state index is 11.5. The standard InChI is InChI=1S/C16H20O4S2/c1-11(17)20-15(10-21-12(2)18)9-16(22-13(3)19)14-7-5-4-6-8-14/h4-8,15-16H,9-10H2,1-3H3. The zero-order valence-corrected chi connectivity index (χ0v) is 14.5. The van der Waals surface area contributed by atoms with E-state index in [4.69, 9.17) is 4.74 Å². The van der Waals surface area contributed by atoms with Crippen LogP contribution in [0, 0.1) is 0 Å².